The van der Waals surface area contributed by atoms with E-state index >= 15 is 0 Å². The van der Waals surface area contributed by atoms with Crippen LogP contribution in [0.3, 0.4) is 0 Å². The summed E-state index contributed by atoms with van der Waals surface area (Å²) in [7, 11) is 5.47. The molecule has 2 amide bonds. The lowest BCUT2D eigenvalue weighted by molar-refractivity contribution is 0.198. The molecule has 0 aliphatic carbocycles. The highest BCUT2D eigenvalue weighted by atomic mass is 16.5. The molecule has 0 bridgehead atoms. The van der Waals surface area contributed by atoms with Crippen molar-refractivity contribution in [2.75, 3.05) is 44.6 Å². The van der Waals surface area contributed by atoms with Gasteiger partial charge in [0.05, 0.1) is 18.0 Å². The summed E-state index contributed by atoms with van der Waals surface area (Å²) in [4.78, 5) is 13.5. The number of nitrogens with one attached hydrogen (secondary N) is 2. The lowest BCUT2D eigenvalue weighted by Gasteiger charge is -2.17. The van der Waals surface area contributed by atoms with Crippen LogP contribution in [0.25, 0.3) is 0 Å². The molecular formula is C12H19N3O2. The number of rotatable bonds is 5. The molecule has 0 saturated carbocycles. The zero-order chi connectivity index (χ0) is 12.7. The van der Waals surface area contributed by atoms with Crippen molar-refractivity contribution in [2.24, 2.45) is 0 Å². The first kappa shape index (κ1) is 13.3. The van der Waals surface area contributed by atoms with E-state index in [2.05, 4.69) is 10.6 Å². The number of hydrogen-bond acceptors (Lipinski definition) is 3. The topological polar surface area (TPSA) is 53.6 Å². The molecule has 0 aliphatic rings. The van der Waals surface area contributed by atoms with Crippen molar-refractivity contribution >= 4 is 17.4 Å². The van der Waals surface area contributed by atoms with Crippen molar-refractivity contribution in [3.63, 3.8) is 0 Å². The summed E-state index contributed by atoms with van der Waals surface area (Å²) in [6, 6.07) is 7.41. The Kier molecular flexibility index (Phi) is 5.29. The molecule has 0 aliphatic heterocycles. The maximum atomic E-state index is 11.6. The van der Waals surface area contributed by atoms with Crippen LogP contribution < -0.4 is 15.5 Å². The van der Waals surface area contributed by atoms with Gasteiger partial charge in [0, 0.05) is 27.7 Å². The summed E-state index contributed by atoms with van der Waals surface area (Å²) in [5.74, 6) is 0. The van der Waals surface area contributed by atoms with Crippen molar-refractivity contribution in [1.82, 2.24) is 5.32 Å². The molecule has 5 nitrogen and oxygen atoms in total. The van der Waals surface area contributed by atoms with E-state index < -0.39 is 0 Å². The van der Waals surface area contributed by atoms with Crippen molar-refractivity contribution in [2.45, 2.75) is 0 Å². The third-order valence-corrected chi connectivity index (χ3v) is 2.23. The molecule has 0 heterocycles. The minimum absolute atomic E-state index is 0.226. The van der Waals surface area contributed by atoms with Gasteiger partial charge in [-0.15, -0.1) is 0 Å². The SMILES string of the molecule is COCCNC(=O)Nc1ccccc1N(C)C. The van der Waals surface area contributed by atoms with Crippen LogP contribution in [-0.4, -0.2) is 40.4 Å². The number of carbonyl (C=O) groups is 1. The predicted molar refractivity (Wildman–Crippen MR) is 69.7 cm³/mol. The number of urea groups is 1. The molecule has 0 fully saturated rings. The molecule has 0 spiro atoms. The molecule has 0 unspecified atom stereocenters. The van der Waals surface area contributed by atoms with Gasteiger partial charge in [-0.2, -0.15) is 0 Å². The van der Waals surface area contributed by atoms with Gasteiger partial charge in [0.25, 0.3) is 0 Å². The Labute approximate surface area is 102 Å². The van der Waals surface area contributed by atoms with Crippen LogP contribution in [0.5, 0.6) is 0 Å². The molecule has 2 N–H and O–H groups in total. The fraction of sp³-hybridized carbons (Fsp3) is 0.417. The predicted octanol–water partition coefficient (Wildman–Crippen LogP) is 1.52. The van der Waals surface area contributed by atoms with Crippen LogP contribution in [0.2, 0.25) is 0 Å². The van der Waals surface area contributed by atoms with E-state index in [9.17, 15) is 4.79 Å². The standard InChI is InChI=1S/C12H19N3O2/c1-15(2)11-7-5-4-6-10(11)14-12(16)13-8-9-17-3/h4-7H,8-9H2,1-3H3,(H2,13,14,16). The van der Waals surface area contributed by atoms with Gasteiger partial charge in [-0.25, -0.2) is 4.79 Å². The summed E-state index contributed by atoms with van der Waals surface area (Å²) in [5.41, 5.74) is 1.75. The number of amides is 2. The Morgan fingerprint density at radius 2 is 2.06 bits per heavy atom. The largest absolute Gasteiger partial charge is 0.383 e. The van der Waals surface area contributed by atoms with Gasteiger partial charge in [-0.05, 0) is 12.1 Å². The van der Waals surface area contributed by atoms with E-state index in [0.717, 1.165) is 11.4 Å². The Morgan fingerprint density at radius 3 is 2.71 bits per heavy atom. The second-order valence-electron chi connectivity index (χ2n) is 3.79. The van der Waals surface area contributed by atoms with Gasteiger partial charge in [0.1, 0.15) is 0 Å². The van der Waals surface area contributed by atoms with E-state index in [0.29, 0.717) is 13.2 Å². The van der Waals surface area contributed by atoms with Crippen molar-refractivity contribution in [3.05, 3.63) is 24.3 Å². The number of para-hydroxylation sites is 2. The Morgan fingerprint density at radius 1 is 1.35 bits per heavy atom. The Bertz CT molecular complexity index is 367. The van der Waals surface area contributed by atoms with Crippen LogP contribution in [0.4, 0.5) is 16.2 Å². The van der Waals surface area contributed by atoms with Gasteiger partial charge in [0.15, 0.2) is 0 Å². The van der Waals surface area contributed by atoms with Gasteiger partial charge < -0.3 is 20.3 Å². The van der Waals surface area contributed by atoms with E-state index in [1.165, 1.54) is 0 Å². The van der Waals surface area contributed by atoms with Gasteiger partial charge in [-0.3, -0.25) is 0 Å². The Balaban J connectivity index is 2.58. The number of benzene rings is 1. The molecular weight excluding hydrogens is 218 g/mol. The summed E-state index contributed by atoms with van der Waals surface area (Å²) >= 11 is 0. The molecule has 94 valence electrons. The monoisotopic (exact) mass is 237 g/mol. The Hall–Kier alpha value is -1.75. The number of methoxy groups -OCH3 is 1. The molecule has 1 rings (SSSR count). The molecule has 0 aromatic heterocycles. The van der Waals surface area contributed by atoms with Gasteiger partial charge in [-0.1, -0.05) is 12.1 Å². The first-order valence-electron chi connectivity index (χ1n) is 5.45. The molecule has 1 aromatic rings. The van der Waals surface area contributed by atoms with Crippen molar-refractivity contribution in [1.29, 1.82) is 0 Å². The summed E-state index contributed by atoms with van der Waals surface area (Å²) in [5, 5.41) is 5.51. The number of nitrogens with zero attached hydrogens (tertiary/aromatic N) is 1. The van der Waals surface area contributed by atoms with Crippen LogP contribution in [0, 0.1) is 0 Å². The highest BCUT2D eigenvalue weighted by molar-refractivity contribution is 5.93. The van der Waals surface area contributed by atoms with Crippen LogP contribution >= 0.6 is 0 Å². The second-order valence-corrected chi connectivity index (χ2v) is 3.79. The second kappa shape index (κ2) is 6.75. The number of ether oxygens (including phenoxy) is 1. The average molecular weight is 237 g/mol. The molecule has 0 atom stereocenters. The average Bonchev–Trinajstić information content (AvgIpc) is 2.29. The number of anilines is 2. The summed E-state index contributed by atoms with van der Waals surface area (Å²) in [6.07, 6.45) is 0. The molecule has 1 aromatic carbocycles. The highest BCUT2D eigenvalue weighted by Crippen LogP contribution is 2.22. The third kappa shape index (κ3) is 4.32. The molecule has 0 radical (unpaired) electrons. The lowest BCUT2D eigenvalue weighted by atomic mass is 10.2. The van der Waals surface area contributed by atoms with Crippen LogP contribution in [0.15, 0.2) is 24.3 Å². The zero-order valence-electron chi connectivity index (χ0n) is 10.5. The minimum Gasteiger partial charge on any atom is -0.383 e. The third-order valence-electron chi connectivity index (χ3n) is 2.23. The fourth-order valence-electron chi connectivity index (χ4n) is 1.40. The lowest BCUT2D eigenvalue weighted by Crippen LogP contribution is -2.31. The van der Waals surface area contributed by atoms with Crippen molar-refractivity contribution in [3.8, 4) is 0 Å². The minimum atomic E-state index is -0.226. The maximum Gasteiger partial charge on any atom is 0.319 e. The molecule has 5 heteroatoms. The van der Waals surface area contributed by atoms with E-state index in [1.807, 2.05) is 43.3 Å². The van der Waals surface area contributed by atoms with E-state index in [4.69, 9.17) is 4.74 Å². The van der Waals surface area contributed by atoms with E-state index in [1.54, 1.807) is 7.11 Å². The van der Waals surface area contributed by atoms with Crippen molar-refractivity contribution < 1.29 is 9.53 Å². The number of hydrogen-bond donors (Lipinski definition) is 2. The first-order chi connectivity index (χ1) is 8.15. The molecule has 0 saturated heterocycles. The maximum absolute atomic E-state index is 11.6. The quantitative estimate of drug-likeness (QED) is 0.763. The molecule has 17 heavy (non-hydrogen) atoms. The van der Waals surface area contributed by atoms with Crippen LogP contribution in [-0.2, 0) is 4.74 Å². The van der Waals surface area contributed by atoms with Gasteiger partial charge >= 0.3 is 6.03 Å². The number of carbonyl (C=O) groups excluding carboxylic acids is 1. The smallest absolute Gasteiger partial charge is 0.319 e. The van der Waals surface area contributed by atoms with Crippen LogP contribution in [0.1, 0.15) is 0 Å². The highest BCUT2D eigenvalue weighted by Gasteiger charge is 2.06. The zero-order valence-corrected chi connectivity index (χ0v) is 10.5. The summed E-state index contributed by atoms with van der Waals surface area (Å²) in [6.45, 7) is 0.995. The summed E-state index contributed by atoms with van der Waals surface area (Å²) < 4.78 is 4.85. The van der Waals surface area contributed by atoms with Gasteiger partial charge in [0.2, 0.25) is 0 Å². The first-order valence-corrected chi connectivity index (χ1v) is 5.45. The normalized spacial score (nSPS) is 9.82. The van der Waals surface area contributed by atoms with E-state index in [-0.39, 0.29) is 6.03 Å². The fourth-order valence-corrected chi connectivity index (χ4v) is 1.40.